The third-order valence-electron chi connectivity index (χ3n) is 7.69. The maximum absolute atomic E-state index is 14.5. The summed E-state index contributed by atoms with van der Waals surface area (Å²) < 4.78 is 26.7. The molecule has 6 rings (SSSR count). The first-order valence-electron chi connectivity index (χ1n) is 15.1. The SMILES string of the molecule is CCOC(=O)C1=C(c2ccccc2)N=c2s/c(=C\c3cc(Br)cc(I)c3OCc3cccc(Cl)c3)c(=O)n2[C@@H]1c1ccc(OC)c(OC)c1. The molecule has 0 spiro atoms. The first-order chi connectivity index (χ1) is 23.7. The van der Waals surface area contributed by atoms with Crippen molar-refractivity contribution in [3.8, 4) is 17.2 Å². The van der Waals surface area contributed by atoms with Crippen LogP contribution in [0.5, 0.6) is 17.2 Å². The van der Waals surface area contributed by atoms with Gasteiger partial charge < -0.3 is 18.9 Å². The Kier molecular flexibility index (Phi) is 10.9. The van der Waals surface area contributed by atoms with E-state index in [2.05, 4.69) is 38.5 Å². The molecule has 1 atom stereocenters. The number of carbonyl (C=O) groups is 1. The van der Waals surface area contributed by atoms with Crippen LogP contribution in [0, 0.1) is 3.57 Å². The molecule has 1 aromatic heterocycles. The molecule has 0 fully saturated rings. The minimum Gasteiger partial charge on any atom is -0.493 e. The number of thiazole rings is 1. The number of carbonyl (C=O) groups excluding carboxylic acids is 1. The minimum atomic E-state index is -0.881. The Hall–Kier alpha value is -3.91. The fourth-order valence-corrected chi connectivity index (χ4v) is 8.45. The minimum absolute atomic E-state index is 0.146. The molecule has 0 N–H and O–H groups in total. The van der Waals surface area contributed by atoms with Crippen molar-refractivity contribution in [1.29, 1.82) is 0 Å². The Balaban J connectivity index is 1.58. The second kappa shape index (κ2) is 15.3. The van der Waals surface area contributed by atoms with Crippen LogP contribution in [0.1, 0.15) is 35.2 Å². The number of ether oxygens (including phenoxy) is 4. The Morgan fingerprint density at radius 1 is 1.02 bits per heavy atom. The third kappa shape index (κ3) is 7.35. The second-order valence-corrected chi connectivity index (χ2v) is 14.3. The average Bonchev–Trinajstić information content (AvgIpc) is 3.41. The van der Waals surface area contributed by atoms with E-state index < -0.39 is 12.0 Å². The number of fused-ring (bicyclic) bond motifs is 1. The molecule has 0 saturated heterocycles. The van der Waals surface area contributed by atoms with Crippen molar-refractivity contribution in [2.24, 2.45) is 4.99 Å². The quantitative estimate of drug-likeness (QED) is 0.107. The van der Waals surface area contributed by atoms with Gasteiger partial charge in [0, 0.05) is 20.6 Å². The van der Waals surface area contributed by atoms with Gasteiger partial charge in [0.1, 0.15) is 12.4 Å². The highest BCUT2D eigenvalue weighted by Crippen LogP contribution is 2.39. The molecule has 2 heterocycles. The molecule has 1 aliphatic rings. The summed E-state index contributed by atoms with van der Waals surface area (Å²) in [6.45, 7) is 2.17. The summed E-state index contributed by atoms with van der Waals surface area (Å²) in [7, 11) is 3.09. The molecule has 5 aromatic rings. The van der Waals surface area contributed by atoms with Crippen LogP contribution in [0.15, 0.2) is 105 Å². The summed E-state index contributed by atoms with van der Waals surface area (Å²) in [5.74, 6) is 1.01. The standard InChI is InChI=1S/C37H29BrClIN2O6S/c1-4-47-36(44)31-32(22-10-6-5-7-11-22)41-37-42(33(31)23-13-14-28(45-2)29(17-23)46-3)35(43)30(49-37)18-24-16-25(38)19-27(40)34(24)48-20-21-9-8-12-26(39)15-21/h5-19,33H,4,20H2,1-3H3/b30-18-/t33-/m1/s1. The van der Waals surface area contributed by atoms with Crippen LogP contribution in [-0.4, -0.2) is 31.4 Å². The van der Waals surface area contributed by atoms with E-state index in [1.54, 1.807) is 36.8 Å². The Morgan fingerprint density at radius 3 is 2.51 bits per heavy atom. The van der Waals surface area contributed by atoms with Gasteiger partial charge in [-0.1, -0.05) is 87.4 Å². The predicted molar refractivity (Wildman–Crippen MR) is 203 cm³/mol. The lowest BCUT2D eigenvalue weighted by Crippen LogP contribution is -2.40. The molecular formula is C37H29BrClIN2O6S. The van der Waals surface area contributed by atoms with Gasteiger partial charge in [0.25, 0.3) is 5.56 Å². The highest BCUT2D eigenvalue weighted by atomic mass is 127. The maximum Gasteiger partial charge on any atom is 0.338 e. The number of aromatic nitrogens is 1. The van der Waals surface area contributed by atoms with Crippen molar-refractivity contribution >= 4 is 79.2 Å². The summed E-state index contributed by atoms with van der Waals surface area (Å²) >= 11 is 13.3. The molecule has 12 heteroatoms. The second-order valence-electron chi connectivity index (χ2n) is 10.8. The van der Waals surface area contributed by atoms with E-state index in [-0.39, 0.29) is 24.3 Å². The summed E-state index contributed by atoms with van der Waals surface area (Å²) in [6.07, 6.45) is 1.80. The average molecular weight is 872 g/mol. The lowest BCUT2D eigenvalue weighted by atomic mass is 9.93. The van der Waals surface area contributed by atoms with Gasteiger partial charge in [-0.05, 0) is 83.1 Å². The number of rotatable bonds is 10. The summed E-state index contributed by atoms with van der Waals surface area (Å²) in [5.41, 5.74) is 3.28. The van der Waals surface area contributed by atoms with Crippen LogP contribution in [0.2, 0.25) is 5.02 Å². The molecule has 8 nitrogen and oxygen atoms in total. The van der Waals surface area contributed by atoms with E-state index in [9.17, 15) is 9.59 Å². The largest absolute Gasteiger partial charge is 0.493 e. The van der Waals surface area contributed by atoms with Crippen molar-refractivity contribution in [2.45, 2.75) is 19.6 Å². The smallest absolute Gasteiger partial charge is 0.338 e. The van der Waals surface area contributed by atoms with E-state index in [0.29, 0.717) is 54.0 Å². The molecule has 0 saturated carbocycles. The van der Waals surface area contributed by atoms with E-state index in [1.807, 2.05) is 72.8 Å². The van der Waals surface area contributed by atoms with Gasteiger partial charge in [-0.15, -0.1) is 0 Å². The predicted octanol–water partition coefficient (Wildman–Crippen LogP) is 7.55. The zero-order valence-electron chi connectivity index (χ0n) is 26.5. The molecule has 0 aliphatic carbocycles. The lowest BCUT2D eigenvalue weighted by molar-refractivity contribution is -0.138. The van der Waals surface area contributed by atoms with Crippen LogP contribution >= 0.6 is 61.5 Å². The number of esters is 1. The first kappa shape index (κ1) is 34.9. The van der Waals surface area contributed by atoms with Crippen molar-refractivity contribution in [2.75, 3.05) is 20.8 Å². The molecule has 4 aromatic carbocycles. The van der Waals surface area contributed by atoms with E-state index in [4.69, 9.17) is 35.5 Å². The Morgan fingerprint density at radius 2 is 1.80 bits per heavy atom. The van der Waals surface area contributed by atoms with E-state index in [1.165, 1.54) is 18.4 Å². The number of methoxy groups -OCH3 is 2. The first-order valence-corrected chi connectivity index (χ1v) is 18.2. The Bertz CT molecular complexity index is 2270. The molecule has 0 radical (unpaired) electrons. The zero-order valence-corrected chi connectivity index (χ0v) is 31.9. The van der Waals surface area contributed by atoms with E-state index in [0.717, 1.165) is 13.6 Å². The fraction of sp³-hybridized carbons (Fsp3) is 0.162. The monoisotopic (exact) mass is 870 g/mol. The van der Waals surface area contributed by atoms with Gasteiger partial charge in [-0.3, -0.25) is 9.36 Å². The van der Waals surface area contributed by atoms with Gasteiger partial charge in [0.2, 0.25) is 0 Å². The van der Waals surface area contributed by atoms with Crippen LogP contribution < -0.4 is 29.1 Å². The summed E-state index contributed by atoms with van der Waals surface area (Å²) in [5, 5.41) is 0.619. The van der Waals surface area contributed by atoms with Crippen molar-refractivity contribution in [3.63, 3.8) is 0 Å². The molecule has 250 valence electrons. The van der Waals surface area contributed by atoms with Gasteiger partial charge >= 0.3 is 5.97 Å². The molecule has 49 heavy (non-hydrogen) atoms. The zero-order chi connectivity index (χ0) is 34.7. The van der Waals surface area contributed by atoms with Gasteiger partial charge in [0.05, 0.1) is 46.2 Å². The molecule has 1 aliphatic heterocycles. The molecule has 0 bridgehead atoms. The van der Waals surface area contributed by atoms with Crippen molar-refractivity contribution in [3.05, 3.63) is 146 Å². The van der Waals surface area contributed by atoms with Crippen LogP contribution in [0.3, 0.4) is 0 Å². The maximum atomic E-state index is 14.5. The molecule has 0 amide bonds. The normalized spacial score (nSPS) is 14.2. The van der Waals surface area contributed by atoms with Crippen LogP contribution in [-0.2, 0) is 16.1 Å². The lowest BCUT2D eigenvalue weighted by Gasteiger charge is -2.26. The highest BCUT2D eigenvalue weighted by Gasteiger charge is 2.35. The van der Waals surface area contributed by atoms with Crippen molar-refractivity contribution in [1.82, 2.24) is 4.57 Å². The number of hydrogen-bond donors (Lipinski definition) is 0. The number of hydrogen-bond acceptors (Lipinski definition) is 8. The topological polar surface area (TPSA) is 88.4 Å². The van der Waals surface area contributed by atoms with Crippen molar-refractivity contribution < 1.29 is 23.7 Å². The molecular weight excluding hydrogens is 843 g/mol. The number of halogens is 3. The highest BCUT2D eigenvalue weighted by molar-refractivity contribution is 14.1. The van der Waals surface area contributed by atoms with E-state index >= 15 is 0 Å². The van der Waals surface area contributed by atoms with Crippen LogP contribution in [0.25, 0.3) is 11.8 Å². The van der Waals surface area contributed by atoms with Crippen LogP contribution in [0.4, 0.5) is 0 Å². The van der Waals surface area contributed by atoms with Gasteiger partial charge in [-0.25, -0.2) is 9.79 Å². The number of benzene rings is 4. The van der Waals surface area contributed by atoms with Gasteiger partial charge in [-0.2, -0.15) is 0 Å². The molecule has 0 unspecified atom stereocenters. The Labute approximate surface area is 313 Å². The number of nitrogens with zero attached hydrogens (tertiary/aromatic N) is 2. The third-order valence-corrected chi connectivity index (χ3v) is 10.2. The summed E-state index contributed by atoms with van der Waals surface area (Å²) in [6, 6.07) is 25.2. The van der Waals surface area contributed by atoms with Gasteiger partial charge in [0.15, 0.2) is 16.3 Å². The summed E-state index contributed by atoms with van der Waals surface area (Å²) in [4.78, 5) is 33.7. The fourth-order valence-electron chi connectivity index (χ4n) is 5.54.